The first kappa shape index (κ1) is 20.5. The molecule has 152 valence electrons. The van der Waals surface area contributed by atoms with Crippen molar-refractivity contribution in [3.8, 4) is 22.8 Å². The molecule has 1 aromatic heterocycles. The molecule has 0 atom stereocenters. The Hall–Kier alpha value is -3.25. The number of alkyl halides is 3. The lowest BCUT2D eigenvalue weighted by atomic mass is 10.1. The van der Waals surface area contributed by atoms with Crippen molar-refractivity contribution in [2.24, 2.45) is 0 Å². The Balaban J connectivity index is 1.79. The lowest BCUT2D eigenvalue weighted by molar-refractivity contribution is -0.137. The number of sulfonamides is 1. The number of aromatic nitrogens is 2. The van der Waals surface area contributed by atoms with Crippen LogP contribution in [0.15, 0.2) is 57.9 Å². The molecule has 0 saturated carbocycles. The molecule has 8 nitrogen and oxygen atoms in total. The molecule has 29 heavy (non-hydrogen) atoms. The average Bonchev–Trinajstić information content (AvgIpc) is 3.16. The number of rotatable bonds is 6. The van der Waals surface area contributed by atoms with E-state index >= 15 is 0 Å². The van der Waals surface area contributed by atoms with E-state index in [-0.39, 0.29) is 16.6 Å². The fraction of sp³-hybridized carbons (Fsp3) is 0.118. The first-order chi connectivity index (χ1) is 13.6. The molecule has 0 fully saturated rings. The molecule has 1 heterocycles. The van der Waals surface area contributed by atoms with Gasteiger partial charge in [-0.25, -0.2) is 8.42 Å². The van der Waals surface area contributed by atoms with Crippen molar-refractivity contribution in [2.45, 2.75) is 11.1 Å². The summed E-state index contributed by atoms with van der Waals surface area (Å²) in [5.41, 5.74) is -0.129. The second-order valence-electron chi connectivity index (χ2n) is 5.74. The van der Waals surface area contributed by atoms with Crippen LogP contribution in [0.1, 0.15) is 5.56 Å². The number of aliphatic carboxylic acids is 1. The van der Waals surface area contributed by atoms with E-state index in [9.17, 15) is 26.4 Å². The third-order valence-electron chi connectivity index (χ3n) is 3.72. The Kier molecular flexibility index (Phi) is 5.40. The van der Waals surface area contributed by atoms with Crippen LogP contribution in [0.25, 0.3) is 22.8 Å². The molecule has 0 saturated heterocycles. The Labute approximate surface area is 162 Å². The maximum absolute atomic E-state index is 12.6. The normalized spacial score (nSPS) is 12.1. The number of carboxylic acid groups (broad SMARTS) is 1. The highest BCUT2D eigenvalue weighted by Crippen LogP contribution is 2.31. The van der Waals surface area contributed by atoms with Crippen molar-refractivity contribution in [3.05, 3.63) is 54.1 Å². The Morgan fingerprint density at radius 3 is 2.17 bits per heavy atom. The lowest BCUT2D eigenvalue weighted by Crippen LogP contribution is -2.29. The molecule has 0 aliphatic carbocycles. The summed E-state index contributed by atoms with van der Waals surface area (Å²) in [6.07, 6.45) is -4.46. The van der Waals surface area contributed by atoms with Gasteiger partial charge in [-0.05, 0) is 36.4 Å². The quantitative estimate of drug-likeness (QED) is 0.620. The number of hydrogen-bond donors (Lipinski definition) is 2. The van der Waals surface area contributed by atoms with Gasteiger partial charge in [-0.15, -0.1) is 0 Å². The number of benzene rings is 2. The highest BCUT2D eigenvalue weighted by Gasteiger charge is 2.30. The zero-order valence-electron chi connectivity index (χ0n) is 14.3. The number of halogens is 3. The van der Waals surface area contributed by atoms with Gasteiger partial charge >= 0.3 is 12.1 Å². The third-order valence-corrected chi connectivity index (χ3v) is 5.14. The Morgan fingerprint density at radius 2 is 1.62 bits per heavy atom. The number of nitrogens with one attached hydrogen (secondary N) is 1. The minimum atomic E-state index is -4.46. The molecular weight excluding hydrogens is 415 g/mol. The molecule has 0 amide bonds. The lowest BCUT2D eigenvalue weighted by Gasteiger charge is -2.05. The maximum Gasteiger partial charge on any atom is 0.416 e. The second-order valence-corrected chi connectivity index (χ2v) is 7.51. The highest BCUT2D eigenvalue weighted by atomic mass is 32.2. The van der Waals surface area contributed by atoms with Crippen molar-refractivity contribution >= 4 is 16.0 Å². The van der Waals surface area contributed by atoms with Crippen molar-refractivity contribution in [2.75, 3.05) is 6.54 Å². The molecule has 0 radical (unpaired) electrons. The molecule has 0 bridgehead atoms. The molecule has 3 rings (SSSR count). The van der Waals surface area contributed by atoms with Crippen LogP contribution in [0.2, 0.25) is 0 Å². The van der Waals surface area contributed by atoms with Gasteiger partial charge in [-0.1, -0.05) is 17.3 Å². The summed E-state index contributed by atoms with van der Waals surface area (Å²) in [4.78, 5) is 14.4. The summed E-state index contributed by atoms with van der Waals surface area (Å²) in [5.74, 6) is -1.23. The van der Waals surface area contributed by atoms with Gasteiger partial charge in [0, 0.05) is 11.1 Å². The summed E-state index contributed by atoms with van der Waals surface area (Å²) in [6, 6.07) is 9.41. The summed E-state index contributed by atoms with van der Waals surface area (Å²) in [5, 5.41) is 12.3. The Morgan fingerprint density at radius 1 is 1.03 bits per heavy atom. The second kappa shape index (κ2) is 7.64. The molecule has 12 heteroatoms. The van der Waals surface area contributed by atoms with Gasteiger partial charge in [0.05, 0.1) is 10.5 Å². The zero-order valence-corrected chi connectivity index (χ0v) is 15.2. The first-order valence-corrected chi connectivity index (χ1v) is 9.38. The summed E-state index contributed by atoms with van der Waals surface area (Å²) in [6.45, 7) is -0.760. The number of hydrogen-bond acceptors (Lipinski definition) is 6. The molecule has 2 aromatic carbocycles. The van der Waals surface area contributed by atoms with Crippen LogP contribution in [0.4, 0.5) is 13.2 Å². The van der Waals surface area contributed by atoms with E-state index in [4.69, 9.17) is 9.63 Å². The van der Waals surface area contributed by atoms with Crippen molar-refractivity contribution < 1.29 is 36.0 Å². The van der Waals surface area contributed by atoms with E-state index in [1.807, 2.05) is 4.72 Å². The van der Waals surface area contributed by atoms with Crippen LogP contribution in [0, 0.1) is 0 Å². The van der Waals surface area contributed by atoms with Gasteiger partial charge in [0.15, 0.2) is 0 Å². The first-order valence-electron chi connectivity index (χ1n) is 7.89. The van der Waals surface area contributed by atoms with Gasteiger partial charge in [0.25, 0.3) is 5.89 Å². The standard InChI is InChI=1S/C17H12F3N3O5S/c18-17(19,20)12-5-1-10(2-6-12)15-22-16(28-23-15)11-3-7-13(8-4-11)29(26,27)21-9-14(24)25/h1-8,21H,9H2,(H,24,25). The van der Waals surface area contributed by atoms with Crippen LogP contribution in [-0.4, -0.2) is 36.2 Å². The van der Waals surface area contributed by atoms with Gasteiger partial charge in [0.2, 0.25) is 15.8 Å². The molecule has 3 aromatic rings. The summed E-state index contributed by atoms with van der Waals surface area (Å²) >= 11 is 0. The topological polar surface area (TPSA) is 122 Å². The van der Waals surface area contributed by atoms with E-state index in [1.165, 1.54) is 36.4 Å². The monoisotopic (exact) mass is 427 g/mol. The fourth-order valence-corrected chi connectivity index (χ4v) is 3.26. The largest absolute Gasteiger partial charge is 0.480 e. The SMILES string of the molecule is O=C(O)CNS(=O)(=O)c1ccc(-c2nc(-c3ccc(C(F)(F)F)cc3)no2)cc1. The van der Waals surface area contributed by atoms with Crippen LogP contribution in [-0.2, 0) is 21.0 Å². The number of carboxylic acids is 1. The molecule has 0 spiro atoms. The maximum atomic E-state index is 12.6. The zero-order chi connectivity index (χ0) is 21.2. The number of nitrogens with zero attached hydrogens (tertiary/aromatic N) is 2. The Bertz CT molecular complexity index is 1120. The van der Waals surface area contributed by atoms with E-state index < -0.39 is 34.3 Å². The fourth-order valence-electron chi connectivity index (χ4n) is 2.28. The molecule has 0 aliphatic heterocycles. The molecule has 0 aliphatic rings. The van der Waals surface area contributed by atoms with Crippen LogP contribution >= 0.6 is 0 Å². The van der Waals surface area contributed by atoms with Crippen molar-refractivity contribution in [3.63, 3.8) is 0 Å². The van der Waals surface area contributed by atoms with Gasteiger partial charge in [0.1, 0.15) is 6.54 Å². The van der Waals surface area contributed by atoms with Crippen LogP contribution in [0.3, 0.4) is 0 Å². The van der Waals surface area contributed by atoms with Gasteiger partial charge in [-0.2, -0.15) is 22.9 Å². The molecular formula is C17H12F3N3O5S. The number of carbonyl (C=O) groups is 1. The van der Waals surface area contributed by atoms with Gasteiger partial charge < -0.3 is 9.63 Å². The average molecular weight is 427 g/mol. The molecule has 2 N–H and O–H groups in total. The van der Waals surface area contributed by atoms with Crippen LogP contribution < -0.4 is 4.72 Å². The highest BCUT2D eigenvalue weighted by molar-refractivity contribution is 7.89. The smallest absolute Gasteiger partial charge is 0.416 e. The van der Waals surface area contributed by atoms with Crippen LogP contribution in [0.5, 0.6) is 0 Å². The van der Waals surface area contributed by atoms with Gasteiger partial charge in [-0.3, -0.25) is 4.79 Å². The third kappa shape index (κ3) is 4.78. The minimum absolute atomic E-state index is 0.0299. The predicted molar refractivity (Wildman–Crippen MR) is 93.0 cm³/mol. The van der Waals surface area contributed by atoms with E-state index in [2.05, 4.69) is 10.1 Å². The van der Waals surface area contributed by atoms with Crippen molar-refractivity contribution in [1.29, 1.82) is 0 Å². The van der Waals surface area contributed by atoms with E-state index in [1.54, 1.807) is 0 Å². The predicted octanol–water partition coefficient (Wildman–Crippen LogP) is 2.79. The van der Waals surface area contributed by atoms with Crippen molar-refractivity contribution in [1.82, 2.24) is 14.9 Å². The van der Waals surface area contributed by atoms with E-state index in [0.717, 1.165) is 12.1 Å². The summed E-state index contributed by atoms with van der Waals surface area (Å²) in [7, 11) is -4.00. The minimum Gasteiger partial charge on any atom is -0.480 e. The summed E-state index contributed by atoms with van der Waals surface area (Å²) < 4.78 is 68.8. The van der Waals surface area contributed by atoms with E-state index in [0.29, 0.717) is 11.1 Å². The molecule has 0 unspecified atom stereocenters.